The van der Waals surface area contributed by atoms with Crippen molar-refractivity contribution in [2.75, 3.05) is 18.0 Å². The van der Waals surface area contributed by atoms with Crippen molar-refractivity contribution in [3.05, 3.63) is 60.0 Å². The van der Waals surface area contributed by atoms with Gasteiger partial charge in [0.15, 0.2) is 5.82 Å². The largest absolute Gasteiger partial charge is 0.391 e. The number of aromatic nitrogens is 4. The number of β-amino-alcohol motifs (C(OH)–C–C–N with tert-alkyl or cyclic N) is 1. The third-order valence-corrected chi connectivity index (χ3v) is 4.72. The van der Waals surface area contributed by atoms with Crippen LogP contribution < -0.4 is 10.2 Å². The Morgan fingerprint density at radius 2 is 2.25 bits per heavy atom. The van der Waals surface area contributed by atoms with Gasteiger partial charge in [-0.3, -0.25) is 9.48 Å². The average Bonchev–Trinajstić information content (AvgIpc) is 3.34. The van der Waals surface area contributed by atoms with Crippen LogP contribution >= 0.6 is 0 Å². The average molecular weight is 378 g/mol. The molecule has 0 radical (unpaired) electrons. The summed E-state index contributed by atoms with van der Waals surface area (Å²) in [4.78, 5) is 23.5. The minimum atomic E-state index is -0.315. The van der Waals surface area contributed by atoms with E-state index in [1.165, 1.54) is 0 Å². The molecule has 4 rings (SSSR count). The monoisotopic (exact) mass is 378 g/mol. The Morgan fingerprint density at radius 1 is 1.36 bits per heavy atom. The first kappa shape index (κ1) is 18.1. The zero-order valence-electron chi connectivity index (χ0n) is 15.6. The minimum absolute atomic E-state index is 0.162. The summed E-state index contributed by atoms with van der Waals surface area (Å²) in [6.07, 6.45) is 5.73. The molecule has 0 saturated carbocycles. The van der Waals surface area contributed by atoms with Gasteiger partial charge in [-0.2, -0.15) is 5.10 Å². The Hall–Kier alpha value is -3.26. The third-order valence-electron chi connectivity index (χ3n) is 4.72. The number of benzene rings is 1. The maximum Gasteiger partial charge on any atom is 0.251 e. The lowest BCUT2D eigenvalue weighted by Crippen LogP contribution is -2.23. The van der Waals surface area contributed by atoms with Crippen molar-refractivity contribution in [1.29, 1.82) is 0 Å². The second-order valence-corrected chi connectivity index (χ2v) is 6.91. The van der Waals surface area contributed by atoms with Crippen molar-refractivity contribution < 1.29 is 9.90 Å². The predicted molar refractivity (Wildman–Crippen MR) is 105 cm³/mol. The summed E-state index contributed by atoms with van der Waals surface area (Å²) in [6.45, 7) is 1.77. The molecule has 28 heavy (non-hydrogen) atoms. The van der Waals surface area contributed by atoms with Gasteiger partial charge in [0.05, 0.1) is 12.3 Å². The number of nitrogens with zero attached hydrogens (tertiary/aromatic N) is 5. The van der Waals surface area contributed by atoms with Crippen molar-refractivity contribution in [3.8, 4) is 11.4 Å². The van der Waals surface area contributed by atoms with E-state index in [9.17, 15) is 9.90 Å². The van der Waals surface area contributed by atoms with Crippen molar-refractivity contribution in [2.45, 2.75) is 19.1 Å². The molecule has 1 saturated heterocycles. The zero-order valence-corrected chi connectivity index (χ0v) is 15.6. The molecule has 1 amide bonds. The molecule has 1 aliphatic heterocycles. The summed E-state index contributed by atoms with van der Waals surface area (Å²) in [7, 11) is 1.84. The Bertz CT molecular complexity index is 986. The van der Waals surface area contributed by atoms with Crippen LogP contribution in [0.1, 0.15) is 22.3 Å². The van der Waals surface area contributed by atoms with Gasteiger partial charge in [-0.15, -0.1) is 0 Å². The fourth-order valence-corrected chi connectivity index (χ4v) is 3.26. The van der Waals surface area contributed by atoms with Crippen LogP contribution in [0.2, 0.25) is 0 Å². The number of aliphatic hydroxyl groups excluding tert-OH is 1. The summed E-state index contributed by atoms with van der Waals surface area (Å²) in [5.74, 6) is 1.18. The van der Waals surface area contributed by atoms with E-state index in [2.05, 4.69) is 20.4 Å². The quantitative estimate of drug-likeness (QED) is 0.696. The molecule has 3 aromatic rings. The predicted octanol–water partition coefficient (Wildman–Crippen LogP) is 1.38. The highest BCUT2D eigenvalue weighted by Gasteiger charge is 2.21. The standard InChI is InChI=1S/C20H22N6O2/c1-25-12-14(11-23-25)10-22-20(28)16-4-2-3-15(9-16)19-21-7-5-18(24-19)26-8-6-17(27)13-26/h2-5,7,9,11-12,17,27H,6,8,10,13H2,1H3,(H,22,28)/t17-/m1/s1. The molecule has 2 aromatic heterocycles. The highest BCUT2D eigenvalue weighted by atomic mass is 16.3. The molecule has 0 aliphatic carbocycles. The molecule has 144 valence electrons. The second-order valence-electron chi connectivity index (χ2n) is 6.91. The van der Waals surface area contributed by atoms with E-state index < -0.39 is 0 Å². The van der Waals surface area contributed by atoms with Crippen LogP contribution in [0.15, 0.2) is 48.9 Å². The highest BCUT2D eigenvalue weighted by Crippen LogP contribution is 2.22. The molecule has 0 bridgehead atoms. The van der Waals surface area contributed by atoms with Gasteiger partial charge >= 0.3 is 0 Å². The summed E-state index contributed by atoms with van der Waals surface area (Å²) < 4.78 is 1.70. The van der Waals surface area contributed by atoms with Gasteiger partial charge in [-0.05, 0) is 24.6 Å². The maximum atomic E-state index is 12.5. The fraction of sp³-hybridized carbons (Fsp3) is 0.300. The molecule has 3 heterocycles. The molecule has 0 spiro atoms. The molecule has 8 nitrogen and oxygen atoms in total. The van der Waals surface area contributed by atoms with Gasteiger partial charge in [0.2, 0.25) is 0 Å². The fourth-order valence-electron chi connectivity index (χ4n) is 3.26. The van der Waals surface area contributed by atoms with Crippen molar-refractivity contribution in [3.63, 3.8) is 0 Å². The number of aryl methyl sites for hydroxylation is 1. The van der Waals surface area contributed by atoms with E-state index in [4.69, 9.17) is 0 Å². The Balaban J connectivity index is 1.49. The highest BCUT2D eigenvalue weighted by molar-refractivity contribution is 5.95. The second kappa shape index (κ2) is 7.77. The molecule has 0 unspecified atom stereocenters. The van der Waals surface area contributed by atoms with Crippen molar-refractivity contribution in [2.24, 2.45) is 7.05 Å². The number of carbonyl (C=O) groups excluding carboxylic acids is 1. The molecule has 8 heteroatoms. The van der Waals surface area contributed by atoms with Crippen LogP contribution in [0.5, 0.6) is 0 Å². The Morgan fingerprint density at radius 3 is 3.00 bits per heavy atom. The van der Waals surface area contributed by atoms with E-state index >= 15 is 0 Å². The van der Waals surface area contributed by atoms with Crippen LogP contribution in [-0.2, 0) is 13.6 Å². The van der Waals surface area contributed by atoms with Crippen molar-refractivity contribution >= 4 is 11.7 Å². The Kier molecular flexibility index (Phi) is 5.03. The summed E-state index contributed by atoms with van der Waals surface area (Å²) >= 11 is 0. The van der Waals surface area contributed by atoms with Gasteiger partial charge in [0.25, 0.3) is 5.91 Å². The number of anilines is 1. The number of aliphatic hydroxyl groups is 1. The summed E-state index contributed by atoms with van der Waals surface area (Å²) in [6, 6.07) is 9.10. The first-order valence-corrected chi connectivity index (χ1v) is 9.21. The number of rotatable bonds is 5. The van der Waals surface area contributed by atoms with Gasteiger partial charge in [-0.1, -0.05) is 12.1 Å². The molecule has 2 N–H and O–H groups in total. The zero-order chi connectivity index (χ0) is 19.5. The number of carbonyl (C=O) groups is 1. The lowest BCUT2D eigenvalue weighted by molar-refractivity contribution is 0.0951. The molecular formula is C20H22N6O2. The SMILES string of the molecule is Cn1cc(CNC(=O)c2cccc(-c3nccc(N4CC[C@@H](O)C4)n3)c2)cn1. The number of hydrogen-bond acceptors (Lipinski definition) is 6. The number of amides is 1. The molecule has 1 aliphatic rings. The van der Waals surface area contributed by atoms with Gasteiger partial charge < -0.3 is 15.3 Å². The first-order valence-electron chi connectivity index (χ1n) is 9.21. The van der Waals surface area contributed by atoms with E-state index in [-0.39, 0.29) is 12.0 Å². The molecular weight excluding hydrogens is 356 g/mol. The Labute approximate surface area is 162 Å². The summed E-state index contributed by atoms with van der Waals surface area (Å²) in [5, 5.41) is 16.7. The number of hydrogen-bond donors (Lipinski definition) is 2. The lowest BCUT2D eigenvalue weighted by Gasteiger charge is -2.16. The van der Waals surface area contributed by atoms with Crippen molar-refractivity contribution in [1.82, 2.24) is 25.1 Å². The number of nitrogens with one attached hydrogen (secondary N) is 1. The van der Waals surface area contributed by atoms with Crippen LogP contribution in [0, 0.1) is 0 Å². The van der Waals surface area contributed by atoms with Crippen LogP contribution in [-0.4, -0.2) is 50.0 Å². The van der Waals surface area contributed by atoms with E-state index in [1.807, 2.05) is 36.3 Å². The summed E-state index contributed by atoms with van der Waals surface area (Å²) in [5.41, 5.74) is 2.26. The molecule has 1 fully saturated rings. The van der Waals surface area contributed by atoms with Crippen LogP contribution in [0.25, 0.3) is 11.4 Å². The van der Waals surface area contributed by atoms with E-state index in [0.717, 1.165) is 29.9 Å². The smallest absolute Gasteiger partial charge is 0.251 e. The normalized spacial score (nSPS) is 16.4. The topological polar surface area (TPSA) is 96.2 Å². The van der Waals surface area contributed by atoms with E-state index in [0.29, 0.717) is 24.5 Å². The molecule has 1 aromatic carbocycles. The minimum Gasteiger partial charge on any atom is -0.391 e. The third kappa shape index (κ3) is 4.01. The van der Waals surface area contributed by atoms with Gasteiger partial charge in [0.1, 0.15) is 5.82 Å². The van der Waals surface area contributed by atoms with Crippen LogP contribution in [0.3, 0.4) is 0 Å². The van der Waals surface area contributed by atoms with Crippen LogP contribution in [0.4, 0.5) is 5.82 Å². The van der Waals surface area contributed by atoms with E-state index in [1.54, 1.807) is 29.2 Å². The first-order chi connectivity index (χ1) is 13.6. The lowest BCUT2D eigenvalue weighted by atomic mass is 10.1. The van der Waals surface area contributed by atoms with Gasteiger partial charge in [0, 0.05) is 55.8 Å². The van der Waals surface area contributed by atoms with Gasteiger partial charge in [-0.25, -0.2) is 9.97 Å². The maximum absolute atomic E-state index is 12.5. The molecule has 1 atom stereocenters.